The predicted molar refractivity (Wildman–Crippen MR) is 126 cm³/mol. The van der Waals surface area contributed by atoms with E-state index in [1.54, 1.807) is 11.3 Å². The number of nitrogens with one attached hydrogen (secondary N) is 3. The van der Waals surface area contributed by atoms with E-state index in [9.17, 15) is 4.79 Å². The maximum Gasteiger partial charge on any atom is 0.224 e. The van der Waals surface area contributed by atoms with E-state index in [4.69, 9.17) is 4.74 Å². The molecule has 6 nitrogen and oxygen atoms in total. The average molecular weight is 514 g/mol. The highest BCUT2D eigenvalue weighted by atomic mass is 127. The van der Waals surface area contributed by atoms with E-state index in [2.05, 4.69) is 46.2 Å². The van der Waals surface area contributed by atoms with Gasteiger partial charge in [-0.15, -0.1) is 35.3 Å². The Bertz CT molecular complexity index is 822. The number of carbonyl (C=O) groups excluding carboxylic acids is 1. The van der Waals surface area contributed by atoms with E-state index >= 15 is 0 Å². The molecular weight excluding hydrogens is 487 g/mol. The van der Waals surface area contributed by atoms with Crippen LogP contribution in [0.15, 0.2) is 34.6 Å². The zero-order valence-corrected chi connectivity index (χ0v) is 19.4. The summed E-state index contributed by atoms with van der Waals surface area (Å²) in [6, 6.07) is 7.93. The fourth-order valence-corrected chi connectivity index (χ4v) is 3.68. The Hall–Kier alpha value is -1.81. The molecule has 28 heavy (non-hydrogen) atoms. The van der Waals surface area contributed by atoms with Gasteiger partial charge in [-0.05, 0) is 61.0 Å². The number of fused-ring (bicyclic) bond motifs is 1. The van der Waals surface area contributed by atoms with E-state index in [-0.39, 0.29) is 29.9 Å². The molecule has 2 heterocycles. The van der Waals surface area contributed by atoms with Gasteiger partial charge in [0.15, 0.2) is 5.96 Å². The molecule has 0 unspecified atom stereocenters. The molecule has 1 aromatic carbocycles. The molecule has 2 aromatic rings. The van der Waals surface area contributed by atoms with Crippen LogP contribution >= 0.6 is 35.3 Å². The molecule has 0 aliphatic carbocycles. The van der Waals surface area contributed by atoms with Crippen molar-refractivity contribution < 1.29 is 9.53 Å². The Morgan fingerprint density at radius 1 is 1.29 bits per heavy atom. The van der Waals surface area contributed by atoms with E-state index < -0.39 is 0 Å². The molecule has 0 fully saturated rings. The lowest BCUT2D eigenvalue weighted by Gasteiger charge is -2.18. The van der Waals surface area contributed by atoms with Crippen LogP contribution in [-0.4, -0.2) is 31.6 Å². The highest BCUT2D eigenvalue weighted by molar-refractivity contribution is 14.0. The third kappa shape index (κ3) is 6.37. The third-order valence-corrected chi connectivity index (χ3v) is 5.34. The molecular formula is C20H27IN4O2S. The summed E-state index contributed by atoms with van der Waals surface area (Å²) in [6.45, 7) is 6.84. The number of aliphatic imine (C=N–C) groups is 1. The number of hydrogen-bond acceptors (Lipinski definition) is 4. The van der Waals surface area contributed by atoms with Gasteiger partial charge in [0.1, 0.15) is 12.4 Å². The second-order valence-electron chi connectivity index (χ2n) is 6.36. The number of anilines is 1. The van der Waals surface area contributed by atoms with Crippen LogP contribution in [0.2, 0.25) is 0 Å². The molecule has 8 heteroatoms. The van der Waals surface area contributed by atoms with E-state index in [0.29, 0.717) is 26.1 Å². The van der Waals surface area contributed by atoms with Gasteiger partial charge in [-0.2, -0.15) is 0 Å². The standard InChI is InChI=1S/C20H26N4O2S.HI/c1-3-21-20(23-13-18-14(2)8-11-27-18)22-9-10-26-16-5-6-17-15(12-16)4-7-19(25)24-17;/h5-6,8,11-12H,3-4,7,9-10,13H2,1-2H3,(H,24,25)(H2,21,22,23);1H. The van der Waals surface area contributed by atoms with Crippen molar-refractivity contribution in [1.82, 2.24) is 10.6 Å². The van der Waals surface area contributed by atoms with Crippen LogP contribution in [0, 0.1) is 6.92 Å². The van der Waals surface area contributed by atoms with Gasteiger partial charge in [0.05, 0.1) is 13.1 Å². The summed E-state index contributed by atoms with van der Waals surface area (Å²) in [5.41, 5.74) is 3.30. The topological polar surface area (TPSA) is 74.8 Å². The van der Waals surface area contributed by atoms with Gasteiger partial charge in [0, 0.05) is 23.5 Å². The molecule has 0 saturated carbocycles. The summed E-state index contributed by atoms with van der Waals surface area (Å²) in [4.78, 5) is 17.3. The third-order valence-electron chi connectivity index (χ3n) is 4.33. The number of rotatable bonds is 7. The minimum Gasteiger partial charge on any atom is -0.492 e. The molecule has 0 bridgehead atoms. The second-order valence-corrected chi connectivity index (χ2v) is 7.36. The molecule has 0 saturated heterocycles. The molecule has 3 N–H and O–H groups in total. The first-order chi connectivity index (χ1) is 13.2. The maximum atomic E-state index is 11.4. The fourth-order valence-electron chi connectivity index (χ4n) is 2.85. The monoisotopic (exact) mass is 514 g/mol. The second kappa shape index (κ2) is 11.3. The van der Waals surface area contributed by atoms with Crippen molar-refractivity contribution in [2.45, 2.75) is 33.2 Å². The number of amides is 1. The first-order valence-electron chi connectivity index (χ1n) is 9.26. The van der Waals surface area contributed by atoms with Crippen molar-refractivity contribution >= 4 is 52.9 Å². The van der Waals surface area contributed by atoms with Gasteiger partial charge in [0.2, 0.25) is 5.91 Å². The van der Waals surface area contributed by atoms with Crippen molar-refractivity contribution in [3.63, 3.8) is 0 Å². The largest absolute Gasteiger partial charge is 0.492 e. The molecule has 1 aliphatic rings. The number of guanidine groups is 1. The summed E-state index contributed by atoms with van der Waals surface area (Å²) < 4.78 is 5.84. The summed E-state index contributed by atoms with van der Waals surface area (Å²) in [6.07, 6.45) is 1.29. The number of carbonyl (C=O) groups is 1. The zero-order chi connectivity index (χ0) is 19.1. The number of hydrogen-bond donors (Lipinski definition) is 3. The molecule has 1 aliphatic heterocycles. The van der Waals surface area contributed by atoms with Crippen LogP contribution in [0.4, 0.5) is 5.69 Å². The minimum absolute atomic E-state index is 0. The van der Waals surface area contributed by atoms with Crippen LogP contribution in [0.1, 0.15) is 29.3 Å². The fraction of sp³-hybridized carbons (Fsp3) is 0.400. The number of halogens is 1. The van der Waals surface area contributed by atoms with E-state index in [0.717, 1.165) is 35.9 Å². The van der Waals surface area contributed by atoms with Gasteiger partial charge in [-0.25, -0.2) is 4.99 Å². The molecule has 0 radical (unpaired) electrons. The van der Waals surface area contributed by atoms with Gasteiger partial charge < -0.3 is 20.7 Å². The highest BCUT2D eigenvalue weighted by Gasteiger charge is 2.14. The number of benzene rings is 1. The summed E-state index contributed by atoms with van der Waals surface area (Å²) >= 11 is 1.73. The smallest absolute Gasteiger partial charge is 0.224 e. The normalized spacial score (nSPS) is 13.2. The van der Waals surface area contributed by atoms with Gasteiger partial charge >= 0.3 is 0 Å². The Morgan fingerprint density at radius 2 is 2.14 bits per heavy atom. The van der Waals surface area contributed by atoms with Gasteiger partial charge in [-0.1, -0.05) is 0 Å². The van der Waals surface area contributed by atoms with Crippen molar-refractivity contribution in [3.05, 3.63) is 45.6 Å². The minimum atomic E-state index is 0. The summed E-state index contributed by atoms with van der Waals surface area (Å²) in [5.74, 6) is 1.69. The highest BCUT2D eigenvalue weighted by Crippen LogP contribution is 2.26. The number of ether oxygens (including phenoxy) is 1. The average Bonchev–Trinajstić information content (AvgIpc) is 3.08. The first kappa shape index (κ1) is 22.5. The molecule has 1 amide bonds. The number of nitrogens with zero attached hydrogens (tertiary/aromatic N) is 1. The Labute approximate surface area is 187 Å². The van der Waals surface area contributed by atoms with Crippen LogP contribution in [0.3, 0.4) is 0 Å². The molecule has 3 rings (SSSR count). The Morgan fingerprint density at radius 3 is 2.89 bits per heavy atom. The van der Waals surface area contributed by atoms with Crippen molar-refractivity contribution in [2.75, 3.05) is 25.0 Å². The van der Waals surface area contributed by atoms with E-state index in [1.165, 1.54) is 10.4 Å². The van der Waals surface area contributed by atoms with Crippen LogP contribution in [0.5, 0.6) is 5.75 Å². The molecule has 0 spiro atoms. The maximum absolute atomic E-state index is 11.4. The van der Waals surface area contributed by atoms with Gasteiger partial charge in [-0.3, -0.25) is 4.79 Å². The zero-order valence-electron chi connectivity index (χ0n) is 16.2. The van der Waals surface area contributed by atoms with E-state index in [1.807, 2.05) is 18.2 Å². The lowest BCUT2D eigenvalue weighted by atomic mass is 10.0. The predicted octanol–water partition coefficient (Wildman–Crippen LogP) is 3.69. The van der Waals surface area contributed by atoms with Gasteiger partial charge in [0.25, 0.3) is 0 Å². The lowest BCUT2D eigenvalue weighted by Crippen LogP contribution is -2.39. The SMILES string of the molecule is CCNC(=NCc1sccc1C)NCCOc1ccc2c(c1)CCC(=O)N2.I. The van der Waals surface area contributed by atoms with Crippen molar-refractivity contribution in [3.8, 4) is 5.75 Å². The van der Waals surface area contributed by atoms with Crippen molar-refractivity contribution in [1.29, 1.82) is 0 Å². The summed E-state index contributed by atoms with van der Waals surface area (Å²) in [5, 5.41) is 11.5. The summed E-state index contributed by atoms with van der Waals surface area (Å²) in [7, 11) is 0. The quantitative estimate of drug-likeness (QED) is 0.228. The van der Waals surface area contributed by atoms with Crippen LogP contribution in [0.25, 0.3) is 0 Å². The number of thiophene rings is 1. The van der Waals surface area contributed by atoms with Crippen molar-refractivity contribution in [2.24, 2.45) is 4.99 Å². The molecule has 1 aromatic heterocycles. The Balaban J connectivity index is 0.00000280. The molecule has 152 valence electrons. The molecule has 0 atom stereocenters. The lowest BCUT2D eigenvalue weighted by molar-refractivity contribution is -0.116. The first-order valence-corrected chi connectivity index (χ1v) is 10.1. The number of aryl methyl sites for hydroxylation is 2. The Kier molecular flexibility index (Phi) is 9.04. The van der Waals surface area contributed by atoms with Crippen LogP contribution < -0.4 is 20.7 Å². The van der Waals surface area contributed by atoms with Crippen LogP contribution in [-0.2, 0) is 17.8 Å².